The number of carbonyl (C=O) groups is 1. The van der Waals surface area contributed by atoms with Gasteiger partial charge in [-0.3, -0.25) is 9.78 Å². The average Bonchev–Trinajstić information content (AvgIpc) is 2.61. The molecule has 0 saturated carbocycles. The lowest BCUT2D eigenvalue weighted by molar-refractivity contribution is 0.0992. The fourth-order valence-electron chi connectivity index (χ4n) is 2.38. The second-order valence-corrected chi connectivity index (χ2v) is 5.90. The highest BCUT2D eigenvalue weighted by atomic mass is 35.5. The topological polar surface area (TPSA) is 59.0 Å². The molecule has 3 aromatic rings. The van der Waals surface area contributed by atoms with Crippen LogP contribution in [-0.2, 0) is 6.42 Å². The highest BCUT2D eigenvalue weighted by Gasteiger charge is 2.13. The summed E-state index contributed by atoms with van der Waals surface area (Å²) < 4.78 is 14.0. The van der Waals surface area contributed by atoms with Crippen molar-refractivity contribution < 1.29 is 9.18 Å². The Morgan fingerprint density at radius 3 is 2.52 bits per heavy atom. The molecule has 0 amide bonds. The first-order chi connectivity index (χ1) is 12.0. The Kier molecular flexibility index (Phi) is 5.00. The van der Waals surface area contributed by atoms with Crippen LogP contribution in [0, 0.1) is 5.82 Å². The number of benzene rings is 1. The average molecular weight is 357 g/mol. The summed E-state index contributed by atoms with van der Waals surface area (Å²) in [4.78, 5) is 26.1. The minimum absolute atomic E-state index is 0.0919. The quantitative estimate of drug-likeness (QED) is 0.650. The van der Waals surface area contributed by atoms with Gasteiger partial charge < -0.3 is 4.90 Å². The normalized spacial score (nSPS) is 10.5. The number of hydrogen-bond donors (Lipinski definition) is 0. The van der Waals surface area contributed by atoms with E-state index in [2.05, 4.69) is 15.0 Å². The maximum absolute atomic E-state index is 14.0. The number of anilines is 2. The SMILES string of the molecule is CN(c1cncnc1)c1cc(F)cc(C(=O)Cc2cncc(Cl)c2)c1. The lowest BCUT2D eigenvalue weighted by Crippen LogP contribution is -2.12. The zero-order valence-electron chi connectivity index (χ0n) is 13.4. The summed E-state index contributed by atoms with van der Waals surface area (Å²) in [6, 6.07) is 5.88. The van der Waals surface area contributed by atoms with Crippen molar-refractivity contribution >= 4 is 28.8 Å². The molecule has 126 valence electrons. The molecule has 25 heavy (non-hydrogen) atoms. The van der Waals surface area contributed by atoms with E-state index < -0.39 is 5.82 Å². The van der Waals surface area contributed by atoms with Crippen molar-refractivity contribution in [1.82, 2.24) is 15.0 Å². The first-order valence-electron chi connectivity index (χ1n) is 7.45. The summed E-state index contributed by atoms with van der Waals surface area (Å²) in [7, 11) is 1.75. The largest absolute Gasteiger partial charge is 0.342 e. The lowest BCUT2D eigenvalue weighted by Gasteiger charge is -2.19. The van der Waals surface area contributed by atoms with E-state index in [1.54, 1.807) is 42.7 Å². The van der Waals surface area contributed by atoms with Crippen LogP contribution in [0.25, 0.3) is 0 Å². The van der Waals surface area contributed by atoms with Crippen LogP contribution in [0.3, 0.4) is 0 Å². The zero-order valence-corrected chi connectivity index (χ0v) is 14.1. The molecular weight excluding hydrogens is 343 g/mol. The Morgan fingerprint density at radius 1 is 1.04 bits per heavy atom. The van der Waals surface area contributed by atoms with E-state index in [4.69, 9.17) is 11.6 Å². The maximum atomic E-state index is 14.0. The first-order valence-corrected chi connectivity index (χ1v) is 7.82. The van der Waals surface area contributed by atoms with Gasteiger partial charge in [-0.25, -0.2) is 14.4 Å². The third-order valence-electron chi connectivity index (χ3n) is 3.65. The fourth-order valence-corrected chi connectivity index (χ4v) is 2.58. The Hall–Kier alpha value is -2.86. The van der Waals surface area contributed by atoms with Crippen molar-refractivity contribution in [2.45, 2.75) is 6.42 Å². The van der Waals surface area contributed by atoms with Crippen LogP contribution in [0.4, 0.5) is 15.8 Å². The van der Waals surface area contributed by atoms with Crippen molar-refractivity contribution in [3.05, 3.63) is 77.3 Å². The number of nitrogens with zero attached hydrogens (tertiary/aromatic N) is 4. The van der Waals surface area contributed by atoms with Gasteiger partial charge in [0.25, 0.3) is 0 Å². The number of halogens is 2. The fraction of sp³-hybridized carbons (Fsp3) is 0.111. The summed E-state index contributed by atoms with van der Waals surface area (Å²) >= 11 is 5.88. The molecule has 0 aliphatic carbocycles. The second kappa shape index (κ2) is 7.36. The van der Waals surface area contributed by atoms with Gasteiger partial charge in [-0.2, -0.15) is 0 Å². The van der Waals surface area contributed by atoms with E-state index >= 15 is 0 Å². The molecule has 1 aromatic carbocycles. The van der Waals surface area contributed by atoms with Crippen LogP contribution in [0.2, 0.25) is 5.02 Å². The molecule has 0 atom stereocenters. The Balaban J connectivity index is 1.87. The molecule has 0 bridgehead atoms. The van der Waals surface area contributed by atoms with Gasteiger partial charge in [0.15, 0.2) is 5.78 Å². The van der Waals surface area contributed by atoms with Gasteiger partial charge in [-0.1, -0.05) is 11.6 Å². The Labute approximate surface area is 149 Å². The molecule has 7 heteroatoms. The molecule has 2 aromatic heterocycles. The van der Waals surface area contributed by atoms with Crippen molar-refractivity contribution in [3.63, 3.8) is 0 Å². The number of ketones is 1. The van der Waals surface area contributed by atoms with Crippen molar-refractivity contribution in [2.24, 2.45) is 0 Å². The number of carbonyl (C=O) groups excluding carboxylic acids is 1. The van der Waals surface area contributed by atoms with Gasteiger partial charge in [-0.15, -0.1) is 0 Å². The summed E-state index contributed by atoms with van der Waals surface area (Å²) in [6.45, 7) is 0. The van der Waals surface area contributed by atoms with E-state index in [9.17, 15) is 9.18 Å². The minimum atomic E-state index is -0.492. The predicted octanol–water partition coefficient (Wildman–Crippen LogP) is 3.86. The third-order valence-corrected chi connectivity index (χ3v) is 3.86. The zero-order chi connectivity index (χ0) is 17.8. The molecule has 0 spiro atoms. The summed E-state index contributed by atoms with van der Waals surface area (Å²) in [6.07, 6.45) is 7.78. The summed E-state index contributed by atoms with van der Waals surface area (Å²) in [5.41, 5.74) is 2.17. The van der Waals surface area contributed by atoms with Crippen molar-refractivity contribution in [1.29, 1.82) is 0 Å². The van der Waals surface area contributed by atoms with E-state index in [1.807, 2.05) is 0 Å². The first kappa shape index (κ1) is 17.0. The molecule has 0 aliphatic rings. The standard InChI is InChI=1S/C18H14ClFN4O/c1-24(17-9-22-11-23-10-17)16-5-13(4-15(20)6-16)18(25)3-12-2-14(19)8-21-7-12/h2,4-11H,3H2,1H3. The summed E-state index contributed by atoms with van der Waals surface area (Å²) in [5.74, 6) is -0.712. The lowest BCUT2D eigenvalue weighted by atomic mass is 10.0. The number of rotatable bonds is 5. The molecule has 2 heterocycles. The van der Waals surface area contributed by atoms with Crippen LogP contribution in [0.15, 0.2) is 55.4 Å². The van der Waals surface area contributed by atoms with Crippen LogP contribution in [0.5, 0.6) is 0 Å². The van der Waals surface area contributed by atoms with Gasteiger partial charge in [0.2, 0.25) is 0 Å². The second-order valence-electron chi connectivity index (χ2n) is 5.47. The highest BCUT2D eigenvalue weighted by molar-refractivity contribution is 6.30. The van der Waals surface area contributed by atoms with Gasteiger partial charge in [-0.05, 0) is 29.8 Å². The van der Waals surface area contributed by atoms with Gasteiger partial charge in [0.05, 0.1) is 23.1 Å². The van der Waals surface area contributed by atoms with Gasteiger partial charge in [0.1, 0.15) is 12.1 Å². The predicted molar refractivity (Wildman–Crippen MR) is 93.8 cm³/mol. The van der Waals surface area contributed by atoms with E-state index in [0.29, 0.717) is 22.0 Å². The monoisotopic (exact) mass is 356 g/mol. The minimum Gasteiger partial charge on any atom is -0.342 e. The van der Waals surface area contributed by atoms with E-state index in [1.165, 1.54) is 24.7 Å². The molecule has 3 rings (SSSR count). The highest BCUT2D eigenvalue weighted by Crippen LogP contribution is 2.25. The van der Waals surface area contributed by atoms with Crippen LogP contribution in [0.1, 0.15) is 15.9 Å². The molecule has 5 nitrogen and oxygen atoms in total. The van der Waals surface area contributed by atoms with Crippen LogP contribution in [-0.4, -0.2) is 27.8 Å². The molecule has 0 unspecified atom stereocenters. The van der Waals surface area contributed by atoms with Crippen LogP contribution >= 0.6 is 11.6 Å². The van der Waals surface area contributed by atoms with Gasteiger partial charge in [0, 0.05) is 37.1 Å². The maximum Gasteiger partial charge on any atom is 0.167 e. The molecule has 0 aliphatic heterocycles. The number of pyridine rings is 1. The molecule has 0 N–H and O–H groups in total. The third kappa shape index (κ3) is 4.16. The molecular formula is C18H14ClFN4O. The smallest absolute Gasteiger partial charge is 0.167 e. The molecule has 0 saturated heterocycles. The molecule has 0 radical (unpaired) electrons. The number of hydrogen-bond acceptors (Lipinski definition) is 5. The Morgan fingerprint density at radius 2 is 1.80 bits per heavy atom. The van der Waals surface area contributed by atoms with Crippen LogP contribution < -0.4 is 4.90 Å². The molecule has 0 fully saturated rings. The summed E-state index contributed by atoms with van der Waals surface area (Å²) in [5, 5.41) is 0.453. The van der Waals surface area contributed by atoms with Crippen molar-refractivity contribution in [3.8, 4) is 0 Å². The number of aromatic nitrogens is 3. The van der Waals surface area contributed by atoms with E-state index in [-0.39, 0.29) is 17.8 Å². The Bertz CT molecular complexity index is 905. The van der Waals surface area contributed by atoms with Gasteiger partial charge >= 0.3 is 0 Å². The number of Topliss-reactive ketones (excluding diaryl/α,β-unsaturated/α-hetero) is 1. The van der Waals surface area contributed by atoms with Crippen molar-refractivity contribution in [2.75, 3.05) is 11.9 Å². The van der Waals surface area contributed by atoms with E-state index in [0.717, 1.165) is 0 Å².